The van der Waals surface area contributed by atoms with Crippen molar-refractivity contribution < 1.29 is 4.74 Å². The van der Waals surface area contributed by atoms with E-state index in [4.69, 9.17) is 10.5 Å². The predicted molar refractivity (Wildman–Crippen MR) is 83.8 cm³/mol. The van der Waals surface area contributed by atoms with Gasteiger partial charge >= 0.3 is 0 Å². The van der Waals surface area contributed by atoms with Gasteiger partial charge in [-0.05, 0) is 37.0 Å². The fourth-order valence-electron chi connectivity index (χ4n) is 3.86. The first-order valence-corrected chi connectivity index (χ1v) is 7.95. The molecule has 1 spiro atoms. The van der Waals surface area contributed by atoms with Gasteiger partial charge in [0.15, 0.2) is 5.96 Å². The molecule has 116 valence electrons. The first-order chi connectivity index (χ1) is 9.39. The minimum atomic E-state index is 0.169. The third-order valence-corrected chi connectivity index (χ3v) is 5.28. The van der Waals surface area contributed by atoms with Crippen LogP contribution in [0.5, 0.6) is 0 Å². The lowest BCUT2D eigenvalue weighted by atomic mass is 9.76. The number of nitrogens with two attached hydrogens (primary N) is 1. The van der Waals surface area contributed by atoms with Gasteiger partial charge in [-0.15, -0.1) is 0 Å². The van der Waals surface area contributed by atoms with Gasteiger partial charge in [0.1, 0.15) is 0 Å². The molecule has 1 fully saturated rings. The van der Waals surface area contributed by atoms with Crippen LogP contribution in [0.15, 0.2) is 4.99 Å². The first kappa shape index (κ1) is 15.6. The van der Waals surface area contributed by atoms with Crippen molar-refractivity contribution in [2.75, 3.05) is 26.8 Å². The fourth-order valence-corrected chi connectivity index (χ4v) is 3.86. The van der Waals surface area contributed by atoms with Gasteiger partial charge in [-0.1, -0.05) is 27.2 Å². The Kier molecular flexibility index (Phi) is 4.62. The second kappa shape index (κ2) is 5.92. The van der Waals surface area contributed by atoms with Gasteiger partial charge in [-0.25, -0.2) is 0 Å². The second-order valence-electron chi connectivity index (χ2n) is 7.54. The molecule has 4 heteroatoms. The Morgan fingerprint density at radius 2 is 2.10 bits per heavy atom. The molecule has 1 aliphatic carbocycles. The Morgan fingerprint density at radius 1 is 1.35 bits per heavy atom. The zero-order chi connectivity index (χ0) is 14.8. The van der Waals surface area contributed by atoms with Gasteiger partial charge in [0.2, 0.25) is 0 Å². The summed E-state index contributed by atoms with van der Waals surface area (Å²) in [6.07, 6.45) is 6.34. The van der Waals surface area contributed by atoms with Crippen molar-refractivity contribution in [2.24, 2.45) is 22.1 Å². The Hall–Kier alpha value is -0.770. The molecule has 0 bridgehead atoms. The molecule has 0 aromatic carbocycles. The number of hydrogen-bond acceptors (Lipinski definition) is 4. The zero-order valence-electron chi connectivity index (χ0n) is 13.6. The average molecular weight is 281 g/mol. The Labute approximate surface area is 123 Å². The number of guanidine groups is 1. The standard InChI is InChI=1S/C16H31N3O/c1-15(2,3)13-6-5-8-16(9-7-13)12-18-14(17)19(16)10-11-20-4/h13H,5-12H2,1-4H3,(H2,17,18). The highest BCUT2D eigenvalue weighted by Crippen LogP contribution is 2.43. The molecule has 2 aliphatic rings. The molecule has 0 aromatic heterocycles. The van der Waals surface area contributed by atoms with E-state index >= 15 is 0 Å². The number of hydrogen-bond donors (Lipinski definition) is 1. The summed E-state index contributed by atoms with van der Waals surface area (Å²) in [5.41, 5.74) is 6.70. The monoisotopic (exact) mass is 281 g/mol. The van der Waals surface area contributed by atoms with E-state index in [-0.39, 0.29) is 5.54 Å². The highest BCUT2D eigenvalue weighted by atomic mass is 16.5. The van der Waals surface area contributed by atoms with E-state index in [0.29, 0.717) is 5.41 Å². The average Bonchev–Trinajstić information content (AvgIpc) is 2.56. The zero-order valence-corrected chi connectivity index (χ0v) is 13.6. The number of ether oxygens (including phenoxy) is 1. The maximum absolute atomic E-state index is 6.12. The van der Waals surface area contributed by atoms with Crippen LogP contribution in [-0.4, -0.2) is 43.2 Å². The molecule has 1 saturated carbocycles. The van der Waals surface area contributed by atoms with Crippen LogP contribution in [-0.2, 0) is 4.74 Å². The number of aliphatic imine (C=N–C) groups is 1. The smallest absolute Gasteiger partial charge is 0.191 e. The van der Waals surface area contributed by atoms with E-state index in [0.717, 1.165) is 31.6 Å². The molecule has 20 heavy (non-hydrogen) atoms. The Bertz CT molecular complexity index is 361. The van der Waals surface area contributed by atoms with Crippen LogP contribution in [0.3, 0.4) is 0 Å². The molecule has 0 radical (unpaired) electrons. The van der Waals surface area contributed by atoms with Crippen molar-refractivity contribution in [3.8, 4) is 0 Å². The molecule has 2 N–H and O–H groups in total. The largest absolute Gasteiger partial charge is 0.383 e. The summed E-state index contributed by atoms with van der Waals surface area (Å²) in [6.45, 7) is 9.58. The molecule has 1 heterocycles. The second-order valence-corrected chi connectivity index (χ2v) is 7.54. The summed E-state index contributed by atoms with van der Waals surface area (Å²) in [5.74, 6) is 1.53. The third-order valence-electron chi connectivity index (χ3n) is 5.28. The summed E-state index contributed by atoms with van der Waals surface area (Å²) >= 11 is 0. The van der Waals surface area contributed by atoms with Crippen LogP contribution < -0.4 is 5.73 Å². The molecular weight excluding hydrogens is 250 g/mol. The van der Waals surface area contributed by atoms with Crippen LogP contribution in [0.25, 0.3) is 0 Å². The molecule has 0 aromatic rings. The number of nitrogens with zero attached hydrogens (tertiary/aromatic N) is 2. The van der Waals surface area contributed by atoms with Gasteiger partial charge in [0.25, 0.3) is 0 Å². The topological polar surface area (TPSA) is 50.9 Å². The minimum absolute atomic E-state index is 0.169. The lowest BCUT2D eigenvalue weighted by Crippen LogP contribution is -2.52. The quantitative estimate of drug-likeness (QED) is 0.865. The summed E-state index contributed by atoms with van der Waals surface area (Å²) in [4.78, 5) is 6.86. The molecule has 0 saturated heterocycles. The van der Waals surface area contributed by atoms with Gasteiger partial charge in [-0.3, -0.25) is 4.99 Å². The highest BCUT2D eigenvalue weighted by molar-refractivity contribution is 5.81. The van der Waals surface area contributed by atoms with Crippen LogP contribution >= 0.6 is 0 Å². The minimum Gasteiger partial charge on any atom is -0.383 e. The van der Waals surface area contributed by atoms with Crippen LogP contribution in [0, 0.1) is 11.3 Å². The third kappa shape index (κ3) is 3.11. The van der Waals surface area contributed by atoms with Crippen molar-refractivity contribution in [2.45, 2.75) is 58.4 Å². The van der Waals surface area contributed by atoms with Gasteiger partial charge < -0.3 is 15.4 Å². The number of rotatable bonds is 3. The van der Waals surface area contributed by atoms with E-state index in [2.05, 4.69) is 30.7 Å². The summed E-state index contributed by atoms with van der Waals surface area (Å²) in [5, 5.41) is 0. The van der Waals surface area contributed by atoms with Crippen molar-refractivity contribution in [3.05, 3.63) is 0 Å². The molecule has 1 aliphatic heterocycles. The van der Waals surface area contributed by atoms with Gasteiger partial charge in [0.05, 0.1) is 18.7 Å². The summed E-state index contributed by atoms with van der Waals surface area (Å²) in [6, 6.07) is 0. The maximum atomic E-state index is 6.12. The van der Waals surface area contributed by atoms with Crippen molar-refractivity contribution >= 4 is 5.96 Å². The van der Waals surface area contributed by atoms with Crippen molar-refractivity contribution in [3.63, 3.8) is 0 Å². The van der Waals surface area contributed by atoms with E-state index in [1.807, 2.05) is 0 Å². The van der Waals surface area contributed by atoms with Crippen LogP contribution in [0.1, 0.15) is 52.9 Å². The van der Waals surface area contributed by atoms with Gasteiger partial charge in [-0.2, -0.15) is 0 Å². The maximum Gasteiger partial charge on any atom is 0.191 e. The van der Waals surface area contributed by atoms with E-state index in [1.165, 1.54) is 32.1 Å². The number of methoxy groups -OCH3 is 1. The summed E-state index contributed by atoms with van der Waals surface area (Å²) < 4.78 is 5.24. The lowest BCUT2D eigenvalue weighted by molar-refractivity contribution is 0.115. The van der Waals surface area contributed by atoms with Crippen LogP contribution in [0.2, 0.25) is 0 Å². The first-order valence-electron chi connectivity index (χ1n) is 7.95. The van der Waals surface area contributed by atoms with Crippen molar-refractivity contribution in [1.82, 2.24) is 4.90 Å². The molecular formula is C16H31N3O. The Balaban J connectivity index is 2.07. The normalized spacial score (nSPS) is 31.5. The van der Waals surface area contributed by atoms with Gasteiger partial charge in [0, 0.05) is 13.7 Å². The van der Waals surface area contributed by atoms with E-state index < -0.39 is 0 Å². The SMILES string of the molecule is COCCN1C(N)=NCC12CCCC(C(C)(C)C)CC2. The highest BCUT2D eigenvalue weighted by Gasteiger charge is 2.44. The predicted octanol–water partition coefficient (Wildman–Crippen LogP) is 2.63. The fraction of sp³-hybridized carbons (Fsp3) is 0.938. The molecule has 4 nitrogen and oxygen atoms in total. The van der Waals surface area contributed by atoms with Crippen LogP contribution in [0.4, 0.5) is 0 Å². The molecule has 2 rings (SSSR count). The molecule has 0 amide bonds. The molecule has 2 unspecified atom stereocenters. The Morgan fingerprint density at radius 3 is 2.75 bits per heavy atom. The van der Waals surface area contributed by atoms with E-state index in [1.54, 1.807) is 7.11 Å². The summed E-state index contributed by atoms with van der Waals surface area (Å²) in [7, 11) is 1.75. The lowest BCUT2D eigenvalue weighted by Gasteiger charge is -2.39. The van der Waals surface area contributed by atoms with E-state index in [9.17, 15) is 0 Å². The molecule has 2 atom stereocenters. The van der Waals surface area contributed by atoms with Crippen molar-refractivity contribution in [1.29, 1.82) is 0 Å².